The molecule has 1 amide bonds. The van der Waals surface area contributed by atoms with Gasteiger partial charge in [0, 0.05) is 18.0 Å². The van der Waals surface area contributed by atoms with Gasteiger partial charge in [-0.05, 0) is 5.53 Å². The molecule has 0 spiro atoms. The molecule has 0 aromatic heterocycles. The zero-order valence-electron chi connectivity index (χ0n) is 14.9. The summed E-state index contributed by atoms with van der Waals surface area (Å²) in [4.78, 5) is 13.1. The number of nitrogens with one attached hydrogen (secondary N) is 1. The number of nitrogens with zero attached hydrogens (tertiary/aromatic N) is 3. The molecule has 0 saturated carbocycles. The summed E-state index contributed by atoms with van der Waals surface area (Å²) >= 11 is 0. The highest BCUT2D eigenvalue weighted by atomic mass is 19.4. The molecule has 0 aliphatic heterocycles. The van der Waals surface area contributed by atoms with Crippen LogP contribution in [-0.4, -0.2) is 91.2 Å². The predicted molar refractivity (Wildman–Crippen MR) is 87.2 cm³/mol. The van der Waals surface area contributed by atoms with E-state index in [2.05, 4.69) is 10.0 Å². The highest BCUT2D eigenvalue weighted by molar-refractivity contribution is 5.81. The summed E-state index contributed by atoms with van der Waals surface area (Å²) in [7, 11) is 0. The predicted octanol–water partition coefficient (Wildman–Crippen LogP) is 1.06. The van der Waals surface area contributed by atoms with Gasteiger partial charge in [-0.3, -0.25) is 4.79 Å². The first-order valence-electron chi connectivity index (χ1n) is 8.23. The van der Waals surface area contributed by atoms with E-state index in [0.717, 1.165) is 0 Å². The molecular formula is C14H25F3N4O6. The minimum absolute atomic E-state index is 0.0335. The van der Waals surface area contributed by atoms with Crippen LogP contribution >= 0.6 is 0 Å². The molecule has 0 atom stereocenters. The van der Waals surface area contributed by atoms with Crippen molar-refractivity contribution in [2.45, 2.75) is 6.18 Å². The molecule has 0 unspecified atom stereocenters. The van der Waals surface area contributed by atoms with Crippen LogP contribution in [0.15, 0.2) is 5.11 Å². The molecule has 27 heavy (non-hydrogen) atoms. The number of carbonyl (C=O) groups excluding carboxylic acids is 1. The van der Waals surface area contributed by atoms with Gasteiger partial charge in [0.05, 0.1) is 66.1 Å². The van der Waals surface area contributed by atoms with Gasteiger partial charge in [0.25, 0.3) is 0 Å². The lowest BCUT2D eigenvalue weighted by atomic mass is 10.5. The number of alkyl halides is 3. The van der Waals surface area contributed by atoms with Crippen LogP contribution in [0.25, 0.3) is 10.4 Å². The second-order valence-electron chi connectivity index (χ2n) is 4.77. The molecule has 0 rings (SSSR count). The molecule has 0 fully saturated rings. The molecule has 0 radical (unpaired) electrons. The molecule has 0 aliphatic carbocycles. The Morgan fingerprint density at radius 2 is 1.22 bits per heavy atom. The topological polar surface area (TPSA) is 124 Å². The van der Waals surface area contributed by atoms with E-state index < -0.39 is 12.1 Å². The lowest BCUT2D eigenvalue weighted by molar-refractivity contribution is -0.173. The maximum absolute atomic E-state index is 11.9. The highest BCUT2D eigenvalue weighted by Crippen LogP contribution is 2.13. The number of ether oxygens (including phenoxy) is 5. The average molecular weight is 402 g/mol. The van der Waals surface area contributed by atoms with E-state index in [4.69, 9.17) is 29.2 Å². The van der Waals surface area contributed by atoms with Crippen molar-refractivity contribution in [3.63, 3.8) is 0 Å². The summed E-state index contributed by atoms with van der Waals surface area (Å²) in [5, 5.41) is 5.01. The number of azide groups is 1. The lowest BCUT2D eigenvalue weighted by Gasteiger charge is -2.09. The minimum atomic E-state index is -4.88. The second-order valence-corrected chi connectivity index (χ2v) is 4.77. The standard InChI is InChI=1S/C14H25F3N4O6/c15-14(16,17)13(22)19-1-3-23-5-7-25-9-11-27-12-10-26-8-6-24-4-2-20-21-18/h1-12H2,(H,19,22). The lowest BCUT2D eigenvalue weighted by Crippen LogP contribution is -2.38. The molecule has 0 aliphatic rings. The third-order valence-corrected chi connectivity index (χ3v) is 2.68. The summed E-state index contributed by atoms with van der Waals surface area (Å²) in [5.74, 6) is -1.98. The van der Waals surface area contributed by atoms with Crippen molar-refractivity contribution in [2.24, 2.45) is 5.11 Å². The van der Waals surface area contributed by atoms with Crippen molar-refractivity contribution >= 4 is 5.91 Å². The van der Waals surface area contributed by atoms with Gasteiger partial charge in [-0.15, -0.1) is 0 Å². The van der Waals surface area contributed by atoms with Gasteiger partial charge in [0.2, 0.25) is 0 Å². The second kappa shape index (κ2) is 17.8. The average Bonchev–Trinajstić information content (AvgIpc) is 2.62. The highest BCUT2D eigenvalue weighted by Gasteiger charge is 2.38. The molecule has 1 N–H and O–H groups in total. The molecule has 0 bridgehead atoms. The Morgan fingerprint density at radius 3 is 1.63 bits per heavy atom. The zero-order valence-corrected chi connectivity index (χ0v) is 14.9. The molecule has 158 valence electrons. The number of carbonyl (C=O) groups is 1. The van der Waals surface area contributed by atoms with Crippen molar-refractivity contribution in [3.05, 3.63) is 10.4 Å². The van der Waals surface area contributed by atoms with Crippen molar-refractivity contribution < 1.29 is 41.7 Å². The number of hydrogen-bond donors (Lipinski definition) is 1. The van der Waals surface area contributed by atoms with Crippen LogP contribution in [0.3, 0.4) is 0 Å². The molecule has 0 saturated heterocycles. The smallest absolute Gasteiger partial charge is 0.379 e. The van der Waals surface area contributed by atoms with Gasteiger partial charge in [0.15, 0.2) is 0 Å². The van der Waals surface area contributed by atoms with Gasteiger partial charge in [-0.2, -0.15) is 13.2 Å². The number of hydrogen-bond acceptors (Lipinski definition) is 7. The largest absolute Gasteiger partial charge is 0.471 e. The first-order chi connectivity index (χ1) is 13.0. The molecule has 10 nitrogen and oxygen atoms in total. The van der Waals surface area contributed by atoms with Crippen molar-refractivity contribution in [3.8, 4) is 0 Å². The summed E-state index contributed by atoms with van der Waals surface area (Å²) in [6, 6.07) is 0. The Balaban J connectivity index is 3.13. The monoisotopic (exact) mass is 402 g/mol. The maximum Gasteiger partial charge on any atom is 0.471 e. The summed E-state index contributed by atoms with van der Waals surface area (Å²) in [6.45, 7) is 3.20. The molecule has 0 aromatic rings. The van der Waals surface area contributed by atoms with E-state index in [1.165, 1.54) is 0 Å². The van der Waals surface area contributed by atoms with E-state index in [1.807, 2.05) is 0 Å². The fraction of sp³-hybridized carbons (Fsp3) is 0.929. The quantitative estimate of drug-likeness (QED) is 0.158. The number of amides is 1. The number of rotatable bonds is 18. The summed E-state index contributed by atoms with van der Waals surface area (Å²) in [6.07, 6.45) is -4.88. The van der Waals surface area contributed by atoms with Gasteiger partial charge in [0.1, 0.15) is 0 Å². The fourth-order valence-corrected chi connectivity index (χ4v) is 1.47. The maximum atomic E-state index is 11.9. The zero-order chi connectivity index (χ0) is 20.2. The van der Waals surface area contributed by atoms with Gasteiger partial charge < -0.3 is 29.0 Å². The Morgan fingerprint density at radius 1 is 0.815 bits per heavy atom. The van der Waals surface area contributed by atoms with E-state index in [-0.39, 0.29) is 26.4 Å². The van der Waals surface area contributed by atoms with Crippen LogP contribution in [0.1, 0.15) is 0 Å². The first-order valence-corrected chi connectivity index (χ1v) is 8.23. The van der Waals surface area contributed by atoms with Crippen molar-refractivity contribution in [2.75, 3.05) is 79.2 Å². The van der Waals surface area contributed by atoms with Gasteiger partial charge in [-0.1, -0.05) is 5.11 Å². The van der Waals surface area contributed by atoms with Crippen LogP contribution < -0.4 is 5.32 Å². The first kappa shape index (κ1) is 25.4. The Hall–Kier alpha value is -1.63. The van der Waals surface area contributed by atoms with Crippen LogP contribution in [0, 0.1) is 0 Å². The number of halogens is 3. The minimum Gasteiger partial charge on any atom is -0.379 e. The van der Waals surface area contributed by atoms with E-state index in [0.29, 0.717) is 52.8 Å². The molecule has 13 heteroatoms. The van der Waals surface area contributed by atoms with Crippen molar-refractivity contribution in [1.29, 1.82) is 0 Å². The SMILES string of the molecule is [N-]=[N+]=NCCOCCOCCOCCOCCOCCNC(=O)C(F)(F)F. The van der Waals surface area contributed by atoms with E-state index in [1.54, 1.807) is 5.32 Å². The molecular weight excluding hydrogens is 377 g/mol. The van der Waals surface area contributed by atoms with E-state index >= 15 is 0 Å². The Kier molecular flexibility index (Phi) is 16.7. The summed E-state index contributed by atoms with van der Waals surface area (Å²) in [5.41, 5.74) is 8.05. The molecule has 0 aromatic carbocycles. The third-order valence-electron chi connectivity index (χ3n) is 2.68. The van der Waals surface area contributed by atoms with Gasteiger partial charge in [-0.25, -0.2) is 0 Å². The summed E-state index contributed by atoms with van der Waals surface area (Å²) < 4.78 is 61.5. The van der Waals surface area contributed by atoms with Crippen LogP contribution in [0.4, 0.5) is 13.2 Å². The van der Waals surface area contributed by atoms with Crippen molar-refractivity contribution in [1.82, 2.24) is 5.32 Å². The fourth-order valence-electron chi connectivity index (χ4n) is 1.47. The Bertz CT molecular complexity index is 422. The van der Waals surface area contributed by atoms with E-state index in [9.17, 15) is 18.0 Å². The third kappa shape index (κ3) is 18.9. The van der Waals surface area contributed by atoms with Gasteiger partial charge >= 0.3 is 12.1 Å². The Labute approximate surface area is 154 Å². The van der Waals surface area contributed by atoms with Crippen LogP contribution in [-0.2, 0) is 28.5 Å². The normalized spacial score (nSPS) is 11.2. The van der Waals surface area contributed by atoms with Crippen LogP contribution in [0.5, 0.6) is 0 Å². The van der Waals surface area contributed by atoms with Crippen LogP contribution in [0.2, 0.25) is 0 Å². The molecule has 0 heterocycles.